The van der Waals surface area contributed by atoms with E-state index in [0.717, 1.165) is 12.5 Å². The Labute approximate surface area is 98.8 Å². The minimum absolute atomic E-state index is 0.00769. The second-order valence-corrected chi connectivity index (χ2v) is 4.29. The van der Waals surface area contributed by atoms with Crippen LogP contribution in [0.15, 0.2) is 18.2 Å². The van der Waals surface area contributed by atoms with Crippen LogP contribution in [0.2, 0.25) is 0 Å². The van der Waals surface area contributed by atoms with Gasteiger partial charge in [0.25, 0.3) is 5.91 Å². The van der Waals surface area contributed by atoms with Gasteiger partial charge in [0.1, 0.15) is 5.82 Å². The van der Waals surface area contributed by atoms with Crippen molar-refractivity contribution in [3.8, 4) is 0 Å². The summed E-state index contributed by atoms with van der Waals surface area (Å²) in [5.41, 5.74) is 5.72. The van der Waals surface area contributed by atoms with Gasteiger partial charge in [0.15, 0.2) is 0 Å². The highest BCUT2D eigenvalue weighted by molar-refractivity contribution is 5.94. The largest absolute Gasteiger partial charge is 0.399 e. The van der Waals surface area contributed by atoms with Crippen LogP contribution in [-0.4, -0.2) is 35.1 Å². The number of anilines is 1. The van der Waals surface area contributed by atoms with Crippen LogP contribution in [0.3, 0.4) is 0 Å². The van der Waals surface area contributed by atoms with E-state index in [1.807, 2.05) is 0 Å². The molecule has 2 rings (SSSR count). The molecule has 17 heavy (non-hydrogen) atoms. The zero-order valence-electron chi connectivity index (χ0n) is 9.40. The molecular weight excluding hydrogens is 223 g/mol. The summed E-state index contributed by atoms with van der Waals surface area (Å²) in [6, 6.07) is 4.01. The van der Waals surface area contributed by atoms with Crippen LogP contribution in [0.1, 0.15) is 23.2 Å². The topological polar surface area (TPSA) is 66.6 Å². The van der Waals surface area contributed by atoms with E-state index in [-0.39, 0.29) is 23.7 Å². The molecule has 1 aromatic rings. The molecule has 0 saturated carbocycles. The SMILES string of the molecule is Nc1ccc(C(=O)N2CCCC(O)C2)c(F)c1. The standard InChI is InChI=1S/C12H15FN2O2/c13-11-6-8(14)3-4-10(11)12(17)15-5-1-2-9(16)7-15/h3-4,6,9,16H,1-2,5,7,14H2. The minimum Gasteiger partial charge on any atom is -0.399 e. The van der Waals surface area contributed by atoms with E-state index in [4.69, 9.17) is 5.73 Å². The van der Waals surface area contributed by atoms with Crippen LogP contribution in [0.5, 0.6) is 0 Å². The van der Waals surface area contributed by atoms with E-state index in [1.54, 1.807) is 0 Å². The van der Waals surface area contributed by atoms with Gasteiger partial charge in [-0.25, -0.2) is 4.39 Å². The number of nitrogens with zero attached hydrogens (tertiary/aromatic N) is 1. The quantitative estimate of drug-likeness (QED) is 0.717. The van der Waals surface area contributed by atoms with Gasteiger partial charge in [-0.3, -0.25) is 4.79 Å². The van der Waals surface area contributed by atoms with Crippen molar-refractivity contribution >= 4 is 11.6 Å². The van der Waals surface area contributed by atoms with Gasteiger partial charge in [0, 0.05) is 18.8 Å². The number of aliphatic hydroxyl groups excluding tert-OH is 1. The summed E-state index contributed by atoms with van der Waals surface area (Å²) in [6.45, 7) is 0.822. The fourth-order valence-electron chi connectivity index (χ4n) is 2.01. The van der Waals surface area contributed by atoms with Crippen molar-refractivity contribution in [3.05, 3.63) is 29.6 Å². The lowest BCUT2D eigenvalue weighted by molar-refractivity contribution is 0.0470. The van der Waals surface area contributed by atoms with E-state index in [2.05, 4.69) is 0 Å². The fraction of sp³-hybridized carbons (Fsp3) is 0.417. The second-order valence-electron chi connectivity index (χ2n) is 4.29. The van der Waals surface area contributed by atoms with Gasteiger partial charge >= 0.3 is 0 Å². The van der Waals surface area contributed by atoms with Crippen LogP contribution in [-0.2, 0) is 0 Å². The molecule has 1 unspecified atom stereocenters. The lowest BCUT2D eigenvalue weighted by atomic mass is 10.1. The number of likely N-dealkylation sites (tertiary alicyclic amines) is 1. The van der Waals surface area contributed by atoms with Crippen LogP contribution in [0.25, 0.3) is 0 Å². The molecule has 5 heteroatoms. The van der Waals surface area contributed by atoms with E-state index in [1.165, 1.54) is 17.0 Å². The summed E-state index contributed by atoms with van der Waals surface area (Å²) in [5.74, 6) is -1.00. The Balaban J connectivity index is 2.18. The van der Waals surface area contributed by atoms with E-state index in [9.17, 15) is 14.3 Å². The van der Waals surface area contributed by atoms with Crippen LogP contribution in [0, 0.1) is 5.82 Å². The maximum Gasteiger partial charge on any atom is 0.256 e. The average molecular weight is 238 g/mol. The Morgan fingerprint density at radius 2 is 2.29 bits per heavy atom. The Hall–Kier alpha value is -1.62. The average Bonchev–Trinajstić information content (AvgIpc) is 2.28. The van der Waals surface area contributed by atoms with E-state index < -0.39 is 11.9 Å². The number of hydrogen-bond acceptors (Lipinski definition) is 3. The highest BCUT2D eigenvalue weighted by Crippen LogP contribution is 2.17. The molecule has 1 aliphatic rings. The van der Waals surface area contributed by atoms with E-state index in [0.29, 0.717) is 13.0 Å². The van der Waals surface area contributed by atoms with Crippen molar-refractivity contribution in [3.63, 3.8) is 0 Å². The van der Waals surface area contributed by atoms with Gasteiger partial charge in [-0.15, -0.1) is 0 Å². The third kappa shape index (κ3) is 2.55. The number of rotatable bonds is 1. The maximum atomic E-state index is 13.6. The molecule has 92 valence electrons. The van der Waals surface area contributed by atoms with Crippen LogP contribution < -0.4 is 5.73 Å². The number of halogens is 1. The van der Waals surface area contributed by atoms with Gasteiger partial charge in [-0.05, 0) is 31.0 Å². The Bertz CT molecular complexity index is 437. The summed E-state index contributed by atoms with van der Waals surface area (Å²) in [6.07, 6.45) is 0.918. The summed E-state index contributed by atoms with van der Waals surface area (Å²) in [7, 11) is 0. The lowest BCUT2D eigenvalue weighted by Gasteiger charge is -2.30. The molecule has 1 atom stereocenters. The van der Waals surface area contributed by atoms with Crippen molar-refractivity contribution in [1.82, 2.24) is 4.90 Å². The number of carbonyl (C=O) groups excluding carboxylic acids is 1. The van der Waals surface area contributed by atoms with Crippen molar-refractivity contribution in [2.75, 3.05) is 18.8 Å². The first-order valence-electron chi connectivity index (χ1n) is 5.60. The summed E-state index contributed by atoms with van der Waals surface area (Å²) in [5, 5.41) is 9.48. The highest BCUT2D eigenvalue weighted by atomic mass is 19.1. The number of hydrogen-bond donors (Lipinski definition) is 2. The number of piperidine rings is 1. The Morgan fingerprint density at radius 1 is 1.53 bits per heavy atom. The number of nitrogen functional groups attached to an aromatic ring is 1. The zero-order valence-corrected chi connectivity index (χ0v) is 9.40. The predicted molar refractivity (Wildman–Crippen MR) is 62.0 cm³/mol. The third-order valence-corrected chi connectivity index (χ3v) is 2.91. The molecule has 1 aliphatic heterocycles. The summed E-state index contributed by atoms with van der Waals surface area (Å²) < 4.78 is 13.6. The molecule has 0 bridgehead atoms. The summed E-state index contributed by atoms with van der Waals surface area (Å²) in [4.78, 5) is 13.5. The number of β-amino-alcohol motifs (C(OH)–C–C–N with tert-alkyl or cyclic N) is 1. The second kappa shape index (κ2) is 4.71. The molecule has 0 aliphatic carbocycles. The highest BCUT2D eigenvalue weighted by Gasteiger charge is 2.24. The molecular formula is C12H15FN2O2. The monoisotopic (exact) mass is 238 g/mol. The molecule has 3 N–H and O–H groups in total. The Kier molecular flexibility index (Phi) is 3.28. The van der Waals surface area contributed by atoms with Gasteiger partial charge in [-0.2, -0.15) is 0 Å². The zero-order chi connectivity index (χ0) is 12.4. The van der Waals surface area contributed by atoms with E-state index >= 15 is 0 Å². The van der Waals surface area contributed by atoms with Crippen LogP contribution >= 0.6 is 0 Å². The van der Waals surface area contributed by atoms with Crippen molar-refractivity contribution < 1.29 is 14.3 Å². The van der Waals surface area contributed by atoms with Crippen LogP contribution in [0.4, 0.5) is 10.1 Å². The minimum atomic E-state index is -0.616. The van der Waals surface area contributed by atoms with Gasteiger partial charge in [0.2, 0.25) is 0 Å². The number of benzene rings is 1. The normalized spacial score (nSPS) is 20.4. The smallest absolute Gasteiger partial charge is 0.256 e. The molecule has 1 amide bonds. The molecule has 0 radical (unpaired) electrons. The fourth-order valence-corrected chi connectivity index (χ4v) is 2.01. The summed E-state index contributed by atoms with van der Waals surface area (Å²) >= 11 is 0. The molecule has 1 heterocycles. The number of amides is 1. The van der Waals surface area contributed by atoms with Crippen molar-refractivity contribution in [1.29, 1.82) is 0 Å². The molecule has 1 saturated heterocycles. The van der Waals surface area contributed by atoms with Crippen molar-refractivity contribution in [2.45, 2.75) is 18.9 Å². The lowest BCUT2D eigenvalue weighted by Crippen LogP contribution is -2.42. The number of nitrogens with two attached hydrogens (primary N) is 1. The molecule has 0 aromatic heterocycles. The third-order valence-electron chi connectivity index (χ3n) is 2.91. The first kappa shape index (κ1) is 11.9. The molecule has 4 nitrogen and oxygen atoms in total. The number of carbonyl (C=O) groups is 1. The van der Waals surface area contributed by atoms with Gasteiger partial charge < -0.3 is 15.7 Å². The molecule has 1 aromatic carbocycles. The number of aliphatic hydroxyl groups is 1. The Morgan fingerprint density at radius 3 is 2.94 bits per heavy atom. The van der Waals surface area contributed by atoms with Gasteiger partial charge in [-0.1, -0.05) is 0 Å². The van der Waals surface area contributed by atoms with Gasteiger partial charge in [0.05, 0.1) is 11.7 Å². The maximum absolute atomic E-state index is 13.6. The molecule has 0 spiro atoms. The first-order valence-corrected chi connectivity index (χ1v) is 5.60. The van der Waals surface area contributed by atoms with Crippen molar-refractivity contribution in [2.24, 2.45) is 0 Å². The molecule has 1 fully saturated rings. The predicted octanol–water partition coefficient (Wildman–Crippen LogP) is 1.00. The first-order chi connectivity index (χ1) is 8.08.